The number of aromatic nitrogens is 2. The molecule has 1 amide bonds. The van der Waals surface area contributed by atoms with Crippen LogP contribution in [-0.4, -0.2) is 35.9 Å². The third-order valence-electron chi connectivity index (χ3n) is 6.68. The number of hydrogen-bond acceptors (Lipinski definition) is 4. The molecular formula is C24H21F3N6O2. The van der Waals surface area contributed by atoms with Crippen LogP contribution in [0.3, 0.4) is 0 Å². The van der Waals surface area contributed by atoms with E-state index in [9.17, 15) is 18.0 Å². The lowest BCUT2D eigenvalue weighted by Gasteiger charge is -2.28. The van der Waals surface area contributed by atoms with Crippen molar-refractivity contribution >= 4 is 11.6 Å². The summed E-state index contributed by atoms with van der Waals surface area (Å²) in [6.07, 6.45) is -2.83. The largest absolute Gasteiger partial charge is 0.497 e. The minimum Gasteiger partial charge on any atom is -0.497 e. The molecule has 1 aliphatic heterocycles. The molecule has 0 atom stereocenters. The van der Waals surface area contributed by atoms with Crippen LogP contribution in [-0.2, 0) is 18.0 Å². The number of hydrogen-bond donors (Lipinski definition) is 0. The maximum Gasteiger partial charge on any atom is 0.435 e. The van der Waals surface area contributed by atoms with Crippen LogP contribution in [0.5, 0.6) is 5.75 Å². The van der Waals surface area contributed by atoms with Crippen molar-refractivity contribution < 1.29 is 22.7 Å². The van der Waals surface area contributed by atoms with Crippen molar-refractivity contribution in [1.29, 1.82) is 0 Å². The van der Waals surface area contributed by atoms with Crippen LogP contribution in [0.2, 0.25) is 0 Å². The molecule has 11 heteroatoms. The van der Waals surface area contributed by atoms with E-state index >= 15 is 0 Å². The first kappa shape index (κ1) is 22.8. The fraction of sp³-hybridized carbons (Fsp3) is 0.333. The number of carbonyl (C=O) groups is 1. The monoisotopic (exact) mass is 482 g/mol. The van der Waals surface area contributed by atoms with Gasteiger partial charge in [0.2, 0.25) is 0 Å². The van der Waals surface area contributed by atoms with Crippen LogP contribution in [0.4, 0.5) is 18.9 Å². The Kier molecular flexibility index (Phi) is 5.44. The molecule has 0 radical (unpaired) electrons. The van der Waals surface area contributed by atoms with Gasteiger partial charge in [0.1, 0.15) is 11.4 Å². The predicted octanol–water partition coefficient (Wildman–Crippen LogP) is 5.44. The fourth-order valence-electron chi connectivity index (χ4n) is 4.60. The molecule has 1 saturated carbocycles. The number of benzene rings is 2. The molecule has 2 aromatic carbocycles. The molecule has 180 valence electrons. The number of amides is 1. The van der Waals surface area contributed by atoms with E-state index in [4.69, 9.17) is 10.3 Å². The van der Waals surface area contributed by atoms with Crippen molar-refractivity contribution in [2.24, 2.45) is 5.11 Å². The number of ether oxygens (including phenoxy) is 1. The summed E-state index contributed by atoms with van der Waals surface area (Å²) >= 11 is 0. The number of nitrogens with zero attached hydrogens (tertiary/aromatic N) is 6. The number of halogens is 3. The Hall–Kier alpha value is -3.98. The quantitative estimate of drug-likeness (QED) is 0.266. The van der Waals surface area contributed by atoms with Gasteiger partial charge in [-0.1, -0.05) is 17.2 Å². The second-order valence-electron chi connectivity index (χ2n) is 8.71. The van der Waals surface area contributed by atoms with Gasteiger partial charge in [0.15, 0.2) is 5.69 Å². The number of azide groups is 1. The summed E-state index contributed by atoms with van der Waals surface area (Å²) in [6, 6.07) is 13.7. The Morgan fingerprint density at radius 1 is 1.11 bits per heavy atom. The van der Waals surface area contributed by atoms with Crippen LogP contribution in [0, 0.1) is 0 Å². The third kappa shape index (κ3) is 3.97. The number of fused-ring (bicyclic) bond motifs is 1. The summed E-state index contributed by atoms with van der Waals surface area (Å²) in [7, 11) is 1.49. The van der Waals surface area contributed by atoms with E-state index in [0.717, 1.165) is 23.1 Å². The van der Waals surface area contributed by atoms with Crippen molar-refractivity contribution in [1.82, 2.24) is 9.78 Å². The first-order valence-electron chi connectivity index (χ1n) is 11.0. The van der Waals surface area contributed by atoms with Gasteiger partial charge < -0.3 is 9.64 Å². The molecule has 2 heterocycles. The van der Waals surface area contributed by atoms with Gasteiger partial charge in [0, 0.05) is 34.7 Å². The lowest BCUT2D eigenvalue weighted by Crippen LogP contribution is -2.39. The first-order valence-corrected chi connectivity index (χ1v) is 11.0. The normalized spacial score (nSPS) is 16.5. The average Bonchev–Trinajstić information content (AvgIpc) is 3.54. The summed E-state index contributed by atoms with van der Waals surface area (Å²) in [6.45, 7) is 0.475. The van der Waals surface area contributed by atoms with Crippen molar-refractivity contribution in [3.8, 4) is 11.4 Å². The Balaban J connectivity index is 1.51. The zero-order valence-corrected chi connectivity index (χ0v) is 18.8. The summed E-state index contributed by atoms with van der Waals surface area (Å²) in [5.41, 5.74) is 9.16. The molecule has 0 saturated heterocycles. The van der Waals surface area contributed by atoms with Crippen LogP contribution < -0.4 is 9.64 Å². The van der Waals surface area contributed by atoms with E-state index in [2.05, 4.69) is 15.1 Å². The zero-order chi connectivity index (χ0) is 24.8. The number of anilines is 1. The molecule has 1 aliphatic carbocycles. The molecule has 0 N–H and O–H groups in total. The number of rotatable bonds is 6. The Labute approximate surface area is 198 Å². The van der Waals surface area contributed by atoms with Crippen molar-refractivity contribution in [3.05, 3.63) is 81.5 Å². The Morgan fingerprint density at radius 3 is 2.34 bits per heavy atom. The molecule has 8 nitrogen and oxygen atoms in total. The Bertz CT molecular complexity index is 1320. The lowest BCUT2D eigenvalue weighted by molar-refractivity contribution is -0.141. The first-order chi connectivity index (χ1) is 16.8. The minimum absolute atomic E-state index is 0.0225. The topological polar surface area (TPSA) is 96.1 Å². The zero-order valence-electron chi connectivity index (χ0n) is 18.8. The second-order valence-corrected chi connectivity index (χ2v) is 8.71. The van der Waals surface area contributed by atoms with Gasteiger partial charge in [-0.3, -0.25) is 4.79 Å². The van der Waals surface area contributed by atoms with Gasteiger partial charge in [-0.2, -0.15) is 18.3 Å². The summed E-state index contributed by atoms with van der Waals surface area (Å²) < 4.78 is 47.5. The SMILES string of the molecule is COc1ccc(-n2nc(C(F)(F)F)c3c2C(=O)N(c2ccc(C4(CN=[N+]=[N-])CC4)cc2)CC3)cc1. The highest BCUT2D eigenvalue weighted by atomic mass is 19.4. The van der Waals surface area contributed by atoms with Gasteiger partial charge in [0.25, 0.3) is 5.91 Å². The highest BCUT2D eigenvalue weighted by Gasteiger charge is 2.45. The van der Waals surface area contributed by atoms with Gasteiger partial charge >= 0.3 is 6.18 Å². The Morgan fingerprint density at radius 2 is 1.77 bits per heavy atom. The summed E-state index contributed by atoms with van der Waals surface area (Å²) in [5, 5.41) is 7.52. The van der Waals surface area contributed by atoms with E-state index < -0.39 is 17.8 Å². The van der Waals surface area contributed by atoms with Crippen LogP contribution >= 0.6 is 0 Å². The van der Waals surface area contributed by atoms with Crippen molar-refractivity contribution in [2.75, 3.05) is 25.1 Å². The minimum atomic E-state index is -4.68. The van der Waals surface area contributed by atoms with Gasteiger partial charge in [-0.05, 0) is 66.8 Å². The van der Waals surface area contributed by atoms with E-state index in [-0.39, 0.29) is 29.6 Å². The van der Waals surface area contributed by atoms with Gasteiger partial charge in [-0.25, -0.2) is 4.68 Å². The van der Waals surface area contributed by atoms with Crippen LogP contribution in [0.15, 0.2) is 53.6 Å². The standard InChI is InChI=1S/C24H21F3N6O2/c1-35-18-8-6-17(7-9-18)33-20-19(21(30-33)24(25,26)27)10-13-32(22(20)34)16-4-2-15(3-5-16)23(11-12-23)14-29-31-28/h2-9H,10-14H2,1H3. The van der Waals surface area contributed by atoms with Crippen LogP contribution in [0.1, 0.15) is 40.2 Å². The predicted molar refractivity (Wildman–Crippen MR) is 122 cm³/mol. The van der Waals surface area contributed by atoms with Crippen molar-refractivity contribution in [3.63, 3.8) is 0 Å². The molecule has 2 aliphatic rings. The van der Waals surface area contributed by atoms with Gasteiger partial charge in [-0.15, -0.1) is 0 Å². The van der Waals surface area contributed by atoms with E-state index in [0.29, 0.717) is 23.7 Å². The maximum atomic E-state index is 13.8. The summed E-state index contributed by atoms with van der Waals surface area (Å²) in [4.78, 5) is 17.8. The molecule has 1 aromatic heterocycles. The second kappa shape index (κ2) is 8.35. The number of carbonyl (C=O) groups excluding carboxylic acids is 1. The van der Waals surface area contributed by atoms with E-state index in [1.54, 1.807) is 36.4 Å². The molecular weight excluding hydrogens is 461 g/mol. The van der Waals surface area contributed by atoms with E-state index in [1.165, 1.54) is 12.0 Å². The molecule has 5 rings (SSSR count). The fourth-order valence-corrected chi connectivity index (χ4v) is 4.60. The highest BCUT2D eigenvalue weighted by molar-refractivity contribution is 6.07. The molecule has 1 fully saturated rings. The smallest absolute Gasteiger partial charge is 0.435 e. The van der Waals surface area contributed by atoms with Crippen molar-refractivity contribution in [2.45, 2.75) is 30.9 Å². The summed E-state index contributed by atoms with van der Waals surface area (Å²) in [5.74, 6) is -0.0132. The maximum absolute atomic E-state index is 13.8. The molecule has 3 aromatic rings. The van der Waals surface area contributed by atoms with Crippen LogP contribution in [0.25, 0.3) is 16.1 Å². The third-order valence-corrected chi connectivity index (χ3v) is 6.68. The molecule has 0 spiro atoms. The highest BCUT2D eigenvalue weighted by Crippen LogP contribution is 2.49. The molecule has 35 heavy (non-hydrogen) atoms. The van der Waals surface area contributed by atoms with Gasteiger partial charge in [0.05, 0.1) is 12.8 Å². The average molecular weight is 482 g/mol. The lowest BCUT2D eigenvalue weighted by atomic mass is 9.95. The number of methoxy groups -OCH3 is 1. The molecule has 0 unspecified atom stereocenters. The molecule has 0 bridgehead atoms. The van der Waals surface area contributed by atoms with E-state index in [1.807, 2.05) is 12.1 Å². The number of alkyl halides is 3.